The summed E-state index contributed by atoms with van der Waals surface area (Å²) >= 11 is 7.39. The predicted octanol–water partition coefficient (Wildman–Crippen LogP) is 3.54. The quantitative estimate of drug-likeness (QED) is 0.615. The molecule has 2 amide bonds. The van der Waals surface area contributed by atoms with Gasteiger partial charge in [0.15, 0.2) is 0 Å². The van der Waals surface area contributed by atoms with Crippen LogP contribution in [0.15, 0.2) is 42.5 Å². The number of nitrogens with zero attached hydrogens (tertiary/aromatic N) is 2. The van der Waals surface area contributed by atoms with Crippen molar-refractivity contribution in [3.8, 4) is 0 Å². The summed E-state index contributed by atoms with van der Waals surface area (Å²) in [4.78, 5) is 36.8. The molecule has 1 aliphatic heterocycles. The molecule has 7 nitrogen and oxygen atoms in total. The van der Waals surface area contributed by atoms with Gasteiger partial charge in [0, 0.05) is 17.9 Å². The van der Waals surface area contributed by atoms with Crippen molar-refractivity contribution >= 4 is 46.6 Å². The number of rotatable bonds is 4. The van der Waals surface area contributed by atoms with Gasteiger partial charge in [-0.2, -0.15) is 0 Å². The SMILES string of the molecule is O=C(Nc1ccccc1F)C1CSCN1C(=O)c1ccc([N+](=O)[O-])cc1Cl. The largest absolute Gasteiger partial charge is 0.322 e. The molecule has 3 rings (SSSR count). The van der Waals surface area contributed by atoms with Gasteiger partial charge in [0.05, 0.1) is 27.1 Å². The van der Waals surface area contributed by atoms with Gasteiger partial charge in [0.25, 0.3) is 11.6 Å². The summed E-state index contributed by atoms with van der Waals surface area (Å²) < 4.78 is 13.7. The fourth-order valence-corrected chi connectivity index (χ4v) is 3.99. The number of halogens is 2. The summed E-state index contributed by atoms with van der Waals surface area (Å²) in [6.45, 7) is 0. The highest BCUT2D eigenvalue weighted by atomic mass is 35.5. The van der Waals surface area contributed by atoms with Gasteiger partial charge in [-0.3, -0.25) is 19.7 Å². The summed E-state index contributed by atoms with van der Waals surface area (Å²) in [6.07, 6.45) is 0. The first-order valence-electron chi connectivity index (χ1n) is 7.76. The van der Waals surface area contributed by atoms with Gasteiger partial charge in [0.1, 0.15) is 11.9 Å². The van der Waals surface area contributed by atoms with Crippen molar-refractivity contribution in [2.45, 2.75) is 6.04 Å². The van der Waals surface area contributed by atoms with E-state index in [0.717, 1.165) is 6.07 Å². The first-order valence-corrected chi connectivity index (χ1v) is 9.30. The normalized spacial score (nSPS) is 16.2. The highest BCUT2D eigenvalue weighted by Crippen LogP contribution is 2.29. The molecular formula is C17H13ClFN3O4S. The van der Waals surface area contributed by atoms with Gasteiger partial charge in [0.2, 0.25) is 5.91 Å². The van der Waals surface area contributed by atoms with Crippen LogP contribution < -0.4 is 5.32 Å². The number of nitro groups is 1. The second-order valence-electron chi connectivity index (χ2n) is 5.68. The zero-order valence-corrected chi connectivity index (χ0v) is 15.3. The molecule has 1 N–H and O–H groups in total. The van der Waals surface area contributed by atoms with Crippen LogP contribution >= 0.6 is 23.4 Å². The Morgan fingerprint density at radius 3 is 2.70 bits per heavy atom. The molecule has 1 heterocycles. The zero-order valence-electron chi connectivity index (χ0n) is 13.7. The Labute approximate surface area is 162 Å². The second kappa shape index (κ2) is 7.93. The molecular weight excluding hydrogens is 397 g/mol. The molecule has 0 aliphatic carbocycles. The maximum atomic E-state index is 13.7. The highest BCUT2D eigenvalue weighted by Gasteiger charge is 2.36. The van der Waals surface area contributed by atoms with E-state index in [2.05, 4.69) is 5.32 Å². The van der Waals surface area contributed by atoms with E-state index in [1.807, 2.05) is 0 Å². The van der Waals surface area contributed by atoms with Crippen molar-refractivity contribution in [2.24, 2.45) is 0 Å². The van der Waals surface area contributed by atoms with Crippen molar-refractivity contribution in [3.05, 3.63) is 69.0 Å². The number of benzene rings is 2. The number of para-hydroxylation sites is 1. The number of nitrogens with one attached hydrogen (secondary N) is 1. The molecule has 1 atom stereocenters. The third-order valence-corrected chi connectivity index (χ3v) is 5.30. The van der Waals surface area contributed by atoms with Crippen LogP contribution in [0.1, 0.15) is 10.4 Å². The van der Waals surface area contributed by atoms with Gasteiger partial charge in [-0.05, 0) is 18.2 Å². The van der Waals surface area contributed by atoms with Crippen LogP contribution in [-0.2, 0) is 4.79 Å². The van der Waals surface area contributed by atoms with Crippen molar-refractivity contribution in [1.29, 1.82) is 0 Å². The van der Waals surface area contributed by atoms with E-state index in [4.69, 9.17) is 11.6 Å². The predicted molar refractivity (Wildman–Crippen MR) is 100 cm³/mol. The third-order valence-electron chi connectivity index (χ3n) is 3.97. The molecule has 1 saturated heterocycles. The van der Waals surface area contributed by atoms with Crippen LogP contribution in [-0.4, -0.2) is 39.3 Å². The number of thioether (sulfide) groups is 1. The monoisotopic (exact) mass is 409 g/mol. The smallest absolute Gasteiger partial charge is 0.270 e. The molecule has 0 aromatic heterocycles. The average molecular weight is 410 g/mol. The van der Waals surface area contributed by atoms with Gasteiger partial charge in [-0.25, -0.2) is 4.39 Å². The molecule has 0 bridgehead atoms. The molecule has 2 aromatic carbocycles. The number of carbonyl (C=O) groups excluding carboxylic acids is 2. The minimum atomic E-state index is -0.812. The molecule has 10 heteroatoms. The van der Waals surface area contributed by atoms with Crippen molar-refractivity contribution in [1.82, 2.24) is 4.90 Å². The maximum Gasteiger partial charge on any atom is 0.270 e. The van der Waals surface area contributed by atoms with Crippen LogP contribution in [0.2, 0.25) is 5.02 Å². The standard InChI is InChI=1S/C17H13ClFN3O4S/c18-12-7-10(22(25)26)5-6-11(12)17(24)21-9-27-8-15(21)16(23)20-14-4-2-1-3-13(14)19/h1-7,15H,8-9H2,(H,20,23). The van der Waals surface area contributed by atoms with E-state index >= 15 is 0 Å². The van der Waals surface area contributed by atoms with Crippen LogP contribution in [0.3, 0.4) is 0 Å². The minimum Gasteiger partial charge on any atom is -0.322 e. The van der Waals surface area contributed by atoms with E-state index in [0.29, 0.717) is 5.75 Å². The van der Waals surface area contributed by atoms with Gasteiger partial charge in [-0.1, -0.05) is 23.7 Å². The summed E-state index contributed by atoms with van der Waals surface area (Å²) in [5.74, 6) is -1.02. The Balaban J connectivity index is 1.79. The first kappa shape index (κ1) is 19.1. The second-order valence-corrected chi connectivity index (χ2v) is 7.09. The lowest BCUT2D eigenvalue weighted by Gasteiger charge is -2.23. The molecule has 2 aromatic rings. The fourth-order valence-electron chi connectivity index (χ4n) is 2.58. The number of amides is 2. The molecule has 1 unspecified atom stereocenters. The number of nitro benzene ring substituents is 1. The molecule has 1 fully saturated rings. The van der Waals surface area contributed by atoms with Crippen molar-refractivity contribution in [2.75, 3.05) is 16.9 Å². The van der Waals surface area contributed by atoms with E-state index in [1.54, 1.807) is 6.07 Å². The number of hydrogen-bond acceptors (Lipinski definition) is 5. The molecule has 0 saturated carbocycles. The molecule has 27 heavy (non-hydrogen) atoms. The number of anilines is 1. The lowest BCUT2D eigenvalue weighted by atomic mass is 10.1. The summed E-state index contributed by atoms with van der Waals surface area (Å²) in [6, 6.07) is 8.45. The lowest BCUT2D eigenvalue weighted by Crippen LogP contribution is -2.44. The van der Waals surface area contributed by atoms with Gasteiger partial charge >= 0.3 is 0 Å². The fraction of sp³-hybridized carbons (Fsp3) is 0.176. The molecule has 0 radical (unpaired) electrons. The minimum absolute atomic E-state index is 0.0279. The van der Waals surface area contributed by atoms with Crippen molar-refractivity contribution < 1.29 is 18.9 Å². The third kappa shape index (κ3) is 4.04. The van der Waals surface area contributed by atoms with Crippen molar-refractivity contribution in [3.63, 3.8) is 0 Å². The summed E-state index contributed by atoms with van der Waals surface area (Å²) in [7, 11) is 0. The lowest BCUT2D eigenvalue weighted by molar-refractivity contribution is -0.384. The Hall–Kier alpha value is -2.65. The molecule has 0 spiro atoms. The molecule has 140 valence electrons. The summed E-state index contributed by atoms with van der Waals surface area (Å²) in [5, 5.41) is 13.2. The van der Waals surface area contributed by atoms with Crippen LogP contribution in [0, 0.1) is 15.9 Å². The first-order chi connectivity index (χ1) is 12.9. The zero-order chi connectivity index (χ0) is 19.6. The highest BCUT2D eigenvalue weighted by molar-refractivity contribution is 7.99. The number of non-ortho nitro benzene ring substituents is 1. The number of carbonyl (C=O) groups is 2. The summed E-state index contributed by atoms with van der Waals surface area (Å²) in [5.41, 5.74) is -0.144. The molecule has 1 aliphatic rings. The van der Waals surface area contributed by atoms with Gasteiger partial charge < -0.3 is 10.2 Å². The Morgan fingerprint density at radius 1 is 1.30 bits per heavy atom. The Morgan fingerprint density at radius 2 is 2.04 bits per heavy atom. The Bertz CT molecular complexity index is 927. The Kier molecular flexibility index (Phi) is 5.62. The average Bonchev–Trinajstić information content (AvgIpc) is 3.13. The topological polar surface area (TPSA) is 92.6 Å². The van der Waals surface area contributed by atoms with Crippen LogP contribution in [0.4, 0.5) is 15.8 Å². The van der Waals surface area contributed by atoms with Crippen LogP contribution in [0.25, 0.3) is 0 Å². The van der Waals surface area contributed by atoms with Gasteiger partial charge in [-0.15, -0.1) is 11.8 Å². The van der Waals surface area contributed by atoms with E-state index in [-0.39, 0.29) is 27.8 Å². The van der Waals surface area contributed by atoms with Crippen LogP contribution in [0.5, 0.6) is 0 Å². The van der Waals surface area contributed by atoms with E-state index in [9.17, 15) is 24.1 Å². The van der Waals surface area contributed by atoms with E-state index in [1.165, 1.54) is 47.0 Å². The maximum absolute atomic E-state index is 13.7. The van der Waals surface area contributed by atoms with E-state index < -0.39 is 28.6 Å². The number of hydrogen-bond donors (Lipinski definition) is 1.